The van der Waals surface area contributed by atoms with Crippen LogP contribution in [0.4, 0.5) is 4.39 Å². The third-order valence-corrected chi connectivity index (χ3v) is 2.81. The van der Waals surface area contributed by atoms with Crippen LogP contribution in [0.1, 0.15) is 24.5 Å². The summed E-state index contributed by atoms with van der Waals surface area (Å²) >= 11 is 0. The Bertz CT molecular complexity index is 369. The van der Waals surface area contributed by atoms with Crippen LogP contribution in [0.3, 0.4) is 0 Å². The van der Waals surface area contributed by atoms with Gasteiger partial charge >= 0.3 is 0 Å². The van der Waals surface area contributed by atoms with E-state index in [1.807, 2.05) is 31.1 Å². The lowest BCUT2D eigenvalue weighted by Crippen LogP contribution is -2.18. The molecule has 1 aromatic rings. The van der Waals surface area contributed by atoms with Crippen LogP contribution in [0.2, 0.25) is 0 Å². The van der Waals surface area contributed by atoms with Gasteiger partial charge < -0.3 is 15.0 Å². The van der Waals surface area contributed by atoms with E-state index in [9.17, 15) is 4.39 Å². The van der Waals surface area contributed by atoms with Crippen molar-refractivity contribution >= 4 is 0 Å². The van der Waals surface area contributed by atoms with Gasteiger partial charge in [0.25, 0.3) is 0 Å². The number of rotatable bonds is 9. The van der Waals surface area contributed by atoms with Gasteiger partial charge in [0, 0.05) is 18.7 Å². The highest BCUT2D eigenvalue weighted by molar-refractivity contribution is 5.24. The number of ether oxygens (including phenoxy) is 1. The van der Waals surface area contributed by atoms with Gasteiger partial charge in [-0.3, -0.25) is 0 Å². The van der Waals surface area contributed by atoms with E-state index in [0.717, 1.165) is 31.6 Å². The number of hydrogen-bond donors (Lipinski definition) is 1. The minimum absolute atomic E-state index is 0.191. The maximum Gasteiger partial charge on any atom is 0.128 e. The minimum atomic E-state index is -0.191. The van der Waals surface area contributed by atoms with Crippen LogP contribution < -0.4 is 5.32 Å². The van der Waals surface area contributed by atoms with Crippen molar-refractivity contribution in [2.24, 2.45) is 0 Å². The lowest BCUT2D eigenvalue weighted by molar-refractivity contribution is 0.103. The molecule has 0 fully saturated rings. The molecule has 0 radical (unpaired) electrons. The molecule has 0 saturated heterocycles. The molecular weight excluding hydrogens is 243 g/mol. The summed E-state index contributed by atoms with van der Waals surface area (Å²) in [5, 5.41) is 3.31. The summed E-state index contributed by atoms with van der Waals surface area (Å²) in [6.07, 6.45) is 1.10. The largest absolute Gasteiger partial charge is 0.375 e. The molecule has 4 heteroatoms. The fraction of sp³-hybridized carbons (Fsp3) is 0.600. The fourth-order valence-electron chi connectivity index (χ4n) is 1.69. The van der Waals surface area contributed by atoms with Gasteiger partial charge in [-0.15, -0.1) is 0 Å². The Morgan fingerprint density at radius 2 is 2.11 bits per heavy atom. The molecule has 1 aromatic carbocycles. The zero-order chi connectivity index (χ0) is 14.1. The zero-order valence-electron chi connectivity index (χ0n) is 12.2. The first-order chi connectivity index (χ1) is 9.13. The zero-order valence-corrected chi connectivity index (χ0v) is 12.2. The molecule has 0 bridgehead atoms. The smallest absolute Gasteiger partial charge is 0.128 e. The monoisotopic (exact) mass is 268 g/mol. The van der Waals surface area contributed by atoms with Gasteiger partial charge in [-0.25, -0.2) is 4.39 Å². The van der Waals surface area contributed by atoms with Crippen molar-refractivity contribution in [3.8, 4) is 0 Å². The molecule has 0 heterocycles. The number of nitrogens with zero attached hydrogens (tertiary/aromatic N) is 1. The van der Waals surface area contributed by atoms with Crippen LogP contribution in [0.15, 0.2) is 18.2 Å². The van der Waals surface area contributed by atoms with Gasteiger partial charge in [0.1, 0.15) is 5.82 Å². The first-order valence-electron chi connectivity index (χ1n) is 6.84. The Labute approximate surface area is 115 Å². The van der Waals surface area contributed by atoms with Crippen LogP contribution in [0, 0.1) is 5.82 Å². The number of halogens is 1. The average molecular weight is 268 g/mol. The summed E-state index contributed by atoms with van der Waals surface area (Å²) in [5.41, 5.74) is 1.73. The number of likely N-dealkylation sites (N-methyl/N-ethyl adjacent to an activating group) is 1. The molecule has 0 aromatic heterocycles. The van der Waals surface area contributed by atoms with Gasteiger partial charge in [0.2, 0.25) is 0 Å². The Hall–Kier alpha value is -0.970. The molecule has 0 saturated carbocycles. The molecule has 3 nitrogen and oxygen atoms in total. The highest BCUT2D eigenvalue weighted by Gasteiger charge is 2.04. The first-order valence-corrected chi connectivity index (χ1v) is 6.84. The lowest BCUT2D eigenvalue weighted by Gasteiger charge is -2.11. The molecule has 0 amide bonds. The molecule has 0 unspecified atom stereocenters. The van der Waals surface area contributed by atoms with Crippen LogP contribution in [0.25, 0.3) is 0 Å². The number of hydrogen-bond acceptors (Lipinski definition) is 3. The summed E-state index contributed by atoms with van der Waals surface area (Å²) in [4.78, 5) is 2.04. The number of nitrogens with one attached hydrogen (secondary N) is 1. The van der Waals surface area contributed by atoms with E-state index in [2.05, 4.69) is 12.2 Å². The van der Waals surface area contributed by atoms with E-state index in [0.29, 0.717) is 18.8 Å². The van der Waals surface area contributed by atoms with Crippen molar-refractivity contribution < 1.29 is 9.13 Å². The Morgan fingerprint density at radius 1 is 1.32 bits per heavy atom. The van der Waals surface area contributed by atoms with E-state index in [1.165, 1.54) is 6.07 Å². The van der Waals surface area contributed by atoms with Crippen LogP contribution in [0.5, 0.6) is 0 Å². The predicted molar refractivity (Wildman–Crippen MR) is 76.6 cm³/mol. The molecule has 19 heavy (non-hydrogen) atoms. The Balaban J connectivity index is 2.44. The average Bonchev–Trinajstić information content (AvgIpc) is 2.38. The topological polar surface area (TPSA) is 24.5 Å². The van der Waals surface area contributed by atoms with E-state index in [4.69, 9.17) is 4.74 Å². The summed E-state index contributed by atoms with van der Waals surface area (Å²) in [5.74, 6) is -0.191. The van der Waals surface area contributed by atoms with Crippen molar-refractivity contribution in [1.82, 2.24) is 10.2 Å². The van der Waals surface area contributed by atoms with E-state index in [-0.39, 0.29) is 5.82 Å². The maximum atomic E-state index is 13.6. The van der Waals surface area contributed by atoms with Crippen molar-refractivity contribution in [2.45, 2.75) is 26.5 Å². The van der Waals surface area contributed by atoms with Gasteiger partial charge in [-0.1, -0.05) is 13.0 Å². The van der Waals surface area contributed by atoms with Crippen molar-refractivity contribution in [2.75, 3.05) is 33.8 Å². The van der Waals surface area contributed by atoms with Crippen LogP contribution in [-0.4, -0.2) is 38.7 Å². The first kappa shape index (κ1) is 16.1. The SMILES string of the molecule is CCCNCc1ccc(F)c(COCCN(C)C)c1. The summed E-state index contributed by atoms with van der Waals surface area (Å²) in [6.45, 7) is 5.68. The second-order valence-corrected chi connectivity index (χ2v) is 4.96. The van der Waals surface area contributed by atoms with Gasteiger partial charge in [0.05, 0.1) is 13.2 Å². The highest BCUT2D eigenvalue weighted by atomic mass is 19.1. The molecule has 0 aliphatic heterocycles. The molecule has 0 spiro atoms. The molecule has 108 valence electrons. The summed E-state index contributed by atoms with van der Waals surface area (Å²) in [7, 11) is 3.98. The van der Waals surface area contributed by atoms with E-state index < -0.39 is 0 Å². The molecule has 1 N–H and O–H groups in total. The minimum Gasteiger partial charge on any atom is -0.375 e. The van der Waals surface area contributed by atoms with Gasteiger partial charge in [-0.05, 0) is 44.8 Å². The quantitative estimate of drug-likeness (QED) is 0.696. The van der Waals surface area contributed by atoms with Crippen molar-refractivity contribution in [1.29, 1.82) is 0 Å². The highest BCUT2D eigenvalue weighted by Crippen LogP contribution is 2.12. The number of benzene rings is 1. The standard InChI is InChI=1S/C15H25FN2O/c1-4-7-17-11-13-5-6-15(16)14(10-13)12-19-9-8-18(2)3/h5-6,10,17H,4,7-9,11-12H2,1-3H3. The van der Waals surface area contributed by atoms with Crippen LogP contribution in [-0.2, 0) is 17.9 Å². The second kappa shape index (κ2) is 9.02. The lowest BCUT2D eigenvalue weighted by atomic mass is 10.1. The maximum absolute atomic E-state index is 13.6. The van der Waals surface area contributed by atoms with E-state index >= 15 is 0 Å². The van der Waals surface area contributed by atoms with Crippen LogP contribution >= 0.6 is 0 Å². The van der Waals surface area contributed by atoms with Crippen molar-refractivity contribution in [3.05, 3.63) is 35.1 Å². The molecule has 1 rings (SSSR count). The third kappa shape index (κ3) is 6.66. The Kier molecular flexibility index (Phi) is 7.63. The molecule has 0 aliphatic carbocycles. The third-order valence-electron chi connectivity index (χ3n) is 2.81. The summed E-state index contributed by atoms with van der Waals surface area (Å²) < 4.78 is 19.1. The molecule has 0 atom stereocenters. The molecule has 0 aliphatic rings. The van der Waals surface area contributed by atoms with Crippen molar-refractivity contribution in [3.63, 3.8) is 0 Å². The van der Waals surface area contributed by atoms with Gasteiger partial charge in [0.15, 0.2) is 0 Å². The normalized spacial score (nSPS) is 11.2. The Morgan fingerprint density at radius 3 is 2.79 bits per heavy atom. The molecular formula is C15H25FN2O. The summed E-state index contributed by atoms with van der Waals surface area (Å²) in [6, 6.07) is 5.22. The predicted octanol–water partition coefficient (Wildman–Crippen LogP) is 2.40. The van der Waals surface area contributed by atoms with Gasteiger partial charge in [-0.2, -0.15) is 0 Å². The van der Waals surface area contributed by atoms with E-state index in [1.54, 1.807) is 0 Å². The second-order valence-electron chi connectivity index (χ2n) is 4.96. The fourth-order valence-corrected chi connectivity index (χ4v) is 1.69.